The minimum atomic E-state index is 0.0492. The van der Waals surface area contributed by atoms with E-state index in [0.29, 0.717) is 5.82 Å². The third kappa shape index (κ3) is 3.28. The second kappa shape index (κ2) is 6.05. The van der Waals surface area contributed by atoms with Gasteiger partial charge in [0.15, 0.2) is 5.82 Å². The second-order valence-corrected chi connectivity index (χ2v) is 5.36. The zero-order valence-corrected chi connectivity index (χ0v) is 12.0. The molecule has 0 spiro atoms. The van der Waals surface area contributed by atoms with Crippen LogP contribution < -0.4 is 10.6 Å². The fourth-order valence-electron chi connectivity index (χ4n) is 2.53. The number of hydrogen-bond donors (Lipinski definition) is 3. The third-order valence-corrected chi connectivity index (χ3v) is 3.65. The van der Waals surface area contributed by atoms with Gasteiger partial charge in [-0.1, -0.05) is 12.1 Å². The first-order valence-electron chi connectivity index (χ1n) is 7.23. The number of aromatic amines is 1. The van der Waals surface area contributed by atoms with Gasteiger partial charge in [-0.25, -0.2) is 4.98 Å². The number of aromatic nitrogens is 3. The van der Waals surface area contributed by atoms with Crippen molar-refractivity contribution in [3.05, 3.63) is 30.1 Å². The van der Waals surface area contributed by atoms with Crippen LogP contribution in [-0.2, 0) is 4.79 Å². The van der Waals surface area contributed by atoms with Gasteiger partial charge in [0.25, 0.3) is 0 Å². The number of benzene rings is 1. The van der Waals surface area contributed by atoms with Gasteiger partial charge in [0.05, 0.1) is 5.92 Å². The highest BCUT2D eigenvalue weighted by atomic mass is 16.1. The molecule has 3 N–H and O–H groups in total. The van der Waals surface area contributed by atoms with Crippen LogP contribution >= 0.6 is 0 Å². The van der Waals surface area contributed by atoms with Gasteiger partial charge in [-0.3, -0.25) is 9.89 Å². The van der Waals surface area contributed by atoms with Gasteiger partial charge in [0.1, 0.15) is 5.82 Å². The number of carbonyl (C=O) groups is 1. The number of H-pyrrole nitrogens is 1. The van der Waals surface area contributed by atoms with E-state index in [9.17, 15) is 4.79 Å². The Kier molecular flexibility index (Phi) is 3.96. The topological polar surface area (TPSA) is 82.7 Å². The summed E-state index contributed by atoms with van der Waals surface area (Å²) in [5.41, 5.74) is 1.67. The monoisotopic (exact) mass is 285 g/mol. The molecule has 0 aliphatic carbocycles. The van der Waals surface area contributed by atoms with E-state index >= 15 is 0 Å². The van der Waals surface area contributed by atoms with Crippen molar-refractivity contribution in [3.8, 4) is 11.4 Å². The lowest BCUT2D eigenvalue weighted by Gasteiger charge is -2.21. The van der Waals surface area contributed by atoms with Gasteiger partial charge < -0.3 is 10.6 Å². The van der Waals surface area contributed by atoms with E-state index in [4.69, 9.17) is 0 Å². The number of carbonyl (C=O) groups excluding carboxylic acids is 1. The Hall–Kier alpha value is -2.21. The largest absolute Gasteiger partial charge is 0.326 e. The summed E-state index contributed by atoms with van der Waals surface area (Å²) < 4.78 is 0. The molecule has 6 nitrogen and oxygen atoms in total. The van der Waals surface area contributed by atoms with Crippen LogP contribution in [0.25, 0.3) is 11.4 Å². The van der Waals surface area contributed by atoms with Crippen LogP contribution in [0.2, 0.25) is 0 Å². The molecule has 6 heteroatoms. The van der Waals surface area contributed by atoms with Crippen molar-refractivity contribution in [1.29, 1.82) is 0 Å². The van der Waals surface area contributed by atoms with E-state index < -0.39 is 0 Å². The summed E-state index contributed by atoms with van der Waals surface area (Å²) in [5, 5.41) is 13.2. The third-order valence-electron chi connectivity index (χ3n) is 3.65. The smallest absolute Gasteiger partial charge is 0.228 e. The molecule has 1 fully saturated rings. The molecule has 110 valence electrons. The zero-order chi connectivity index (χ0) is 14.7. The lowest BCUT2D eigenvalue weighted by Crippen LogP contribution is -2.37. The molecule has 1 amide bonds. The SMILES string of the molecule is Cc1nc(-c2cccc(NC(=O)[C@H]3CCCNC3)c2)n[nH]1. The fourth-order valence-corrected chi connectivity index (χ4v) is 2.53. The normalized spacial score (nSPS) is 18.4. The quantitative estimate of drug-likeness (QED) is 0.802. The van der Waals surface area contributed by atoms with Crippen molar-refractivity contribution < 1.29 is 4.79 Å². The molecule has 0 unspecified atom stereocenters. The molecular formula is C15H19N5O. The van der Waals surface area contributed by atoms with Crippen LogP contribution in [0.4, 0.5) is 5.69 Å². The van der Waals surface area contributed by atoms with Gasteiger partial charge in [0, 0.05) is 17.8 Å². The van der Waals surface area contributed by atoms with Crippen molar-refractivity contribution in [3.63, 3.8) is 0 Å². The average Bonchev–Trinajstić information content (AvgIpc) is 2.95. The molecule has 1 aromatic heterocycles. The van der Waals surface area contributed by atoms with Crippen LogP contribution in [0.3, 0.4) is 0 Å². The lowest BCUT2D eigenvalue weighted by molar-refractivity contribution is -0.120. The number of piperidine rings is 1. The first-order chi connectivity index (χ1) is 10.2. The predicted molar refractivity (Wildman–Crippen MR) is 80.8 cm³/mol. The highest BCUT2D eigenvalue weighted by Crippen LogP contribution is 2.20. The van der Waals surface area contributed by atoms with E-state index in [1.165, 1.54) is 0 Å². The van der Waals surface area contributed by atoms with Crippen molar-refractivity contribution in [2.24, 2.45) is 5.92 Å². The van der Waals surface area contributed by atoms with Gasteiger partial charge in [0.2, 0.25) is 5.91 Å². The molecule has 1 aromatic carbocycles. The molecule has 0 saturated carbocycles. The number of nitrogens with one attached hydrogen (secondary N) is 3. The van der Waals surface area contributed by atoms with Gasteiger partial charge in [-0.2, -0.15) is 5.10 Å². The summed E-state index contributed by atoms with van der Waals surface area (Å²) in [4.78, 5) is 16.5. The number of anilines is 1. The van der Waals surface area contributed by atoms with E-state index in [1.807, 2.05) is 31.2 Å². The van der Waals surface area contributed by atoms with Crippen LogP contribution in [0.1, 0.15) is 18.7 Å². The van der Waals surface area contributed by atoms with Gasteiger partial charge >= 0.3 is 0 Å². The number of aryl methyl sites for hydroxylation is 1. The Balaban J connectivity index is 1.72. The number of nitrogens with zero attached hydrogens (tertiary/aromatic N) is 2. The van der Waals surface area contributed by atoms with Crippen LogP contribution in [0, 0.1) is 12.8 Å². The molecule has 1 saturated heterocycles. The molecule has 2 aromatic rings. The zero-order valence-electron chi connectivity index (χ0n) is 12.0. The molecule has 1 aliphatic heterocycles. The minimum Gasteiger partial charge on any atom is -0.326 e. The van der Waals surface area contributed by atoms with Crippen LogP contribution in [-0.4, -0.2) is 34.2 Å². The Bertz CT molecular complexity index is 630. The lowest BCUT2D eigenvalue weighted by atomic mass is 9.99. The molecule has 1 aliphatic rings. The van der Waals surface area contributed by atoms with Crippen molar-refractivity contribution in [2.75, 3.05) is 18.4 Å². The first kappa shape index (κ1) is 13.8. The van der Waals surface area contributed by atoms with Gasteiger partial charge in [-0.15, -0.1) is 0 Å². The second-order valence-electron chi connectivity index (χ2n) is 5.36. The standard InChI is InChI=1S/C15H19N5O/c1-10-17-14(20-19-10)11-4-2-6-13(8-11)18-15(21)12-5-3-7-16-9-12/h2,4,6,8,12,16H,3,5,7,9H2,1H3,(H,18,21)(H,17,19,20)/t12-/m0/s1. The Labute approximate surface area is 123 Å². The maximum atomic E-state index is 12.2. The average molecular weight is 285 g/mol. The summed E-state index contributed by atoms with van der Waals surface area (Å²) in [6.07, 6.45) is 1.99. The summed E-state index contributed by atoms with van der Waals surface area (Å²) in [6.45, 7) is 3.62. The van der Waals surface area contributed by atoms with Crippen LogP contribution in [0.5, 0.6) is 0 Å². The van der Waals surface area contributed by atoms with E-state index in [-0.39, 0.29) is 11.8 Å². The highest BCUT2D eigenvalue weighted by molar-refractivity contribution is 5.93. The number of hydrogen-bond acceptors (Lipinski definition) is 4. The van der Waals surface area contributed by atoms with Crippen molar-refractivity contribution in [2.45, 2.75) is 19.8 Å². The molecule has 0 bridgehead atoms. The highest BCUT2D eigenvalue weighted by Gasteiger charge is 2.20. The number of amides is 1. The minimum absolute atomic E-state index is 0.0492. The van der Waals surface area contributed by atoms with Gasteiger partial charge in [-0.05, 0) is 38.4 Å². The Morgan fingerprint density at radius 1 is 1.43 bits per heavy atom. The molecule has 0 radical (unpaired) electrons. The van der Waals surface area contributed by atoms with Crippen molar-refractivity contribution in [1.82, 2.24) is 20.5 Å². The van der Waals surface area contributed by atoms with E-state index in [1.54, 1.807) is 0 Å². The predicted octanol–water partition coefficient (Wildman–Crippen LogP) is 1.72. The fraction of sp³-hybridized carbons (Fsp3) is 0.400. The summed E-state index contributed by atoms with van der Waals surface area (Å²) in [6, 6.07) is 7.62. The Morgan fingerprint density at radius 2 is 2.33 bits per heavy atom. The summed E-state index contributed by atoms with van der Waals surface area (Å²) in [7, 11) is 0. The molecule has 2 heterocycles. The van der Waals surface area contributed by atoms with E-state index in [2.05, 4.69) is 25.8 Å². The number of rotatable bonds is 3. The summed E-state index contributed by atoms with van der Waals surface area (Å²) in [5.74, 6) is 1.54. The van der Waals surface area contributed by atoms with E-state index in [0.717, 1.165) is 43.0 Å². The molecule has 21 heavy (non-hydrogen) atoms. The molecule has 3 rings (SSSR count). The summed E-state index contributed by atoms with van der Waals surface area (Å²) >= 11 is 0. The maximum absolute atomic E-state index is 12.2. The molecular weight excluding hydrogens is 266 g/mol. The Morgan fingerprint density at radius 3 is 3.05 bits per heavy atom. The first-order valence-corrected chi connectivity index (χ1v) is 7.23. The van der Waals surface area contributed by atoms with Crippen LogP contribution in [0.15, 0.2) is 24.3 Å². The maximum Gasteiger partial charge on any atom is 0.228 e. The van der Waals surface area contributed by atoms with Crippen molar-refractivity contribution >= 4 is 11.6 Å². The molecule has 1 atom stereocenters.